The predicted octanol–water partition coefficient (Wildman–Crippen LogP) is 2.43. The molecule has 0 atom stereocenters. The molecule has 0 radical (unpaired) electrons. The SMILES string of the molecule is COc1c(C)c2c(c(O)c1C/C=C(/C)C(CC(=O)O)CC(=O)O)C(=O)OC2. The smallest absolute Gasteiger partial charge is 0.342 e. The van der Waals surface area contributed by atoms with Crippen molar-refractivity contribution in [1.82, 2.24) is 0 Å². The molecule has 0 spiro atoms. The molecule has 0 aliphatic carbocycles. The van der Waals surface area contributed by atoms with Gasteiger partial charge in [0.2, 0.25) is 0 Å². The van der Waals surface area contributed by atoms with Crippen molar-refractivity contribution >= 4 is 17.9 Å². The Bertz CT molecular complexity index is 806. The number of allylic oxidation sites excluding steroid dienone is 2. The van der Waals surface area contributed by atoms with Gasteiger partial charge in [-0.3, -0.25) is 9.59 Å². The molecule has 146 valence electrons. The minimum absolute atomic E-state index is 0.0678. The van der Waals surface area contributed by atoms with E-state index >= 15 is 0 Å². The number of methoxy groups -OCH3 is 1. The first kappa shape index (κ1) is 20.3. The Morgan fingerprint density at radius 2 is 1.85 bits per heavy atom. The topological polar surface area (TPSA) is 130 Å². The number of carboxylic acid groups (broad SMARTS) is 2. The number of cyclic esters (lactones) is 1. The van der Waals surface area contributed by atoms with Crippen LogP contribution in [0.1, 0.15) is 46.8 Å². The summed E-state index contributed by atoms with van der Waals surface area (Å²) in [6.07, 6.45) is 1.18. The maximum absolute atomic E-state index is 11.9. The highest BCUT2D eigenvalue weighted by Crippen LogP contribution is 2.42. The highest BCUT2D eigenvalue weighted by atomic mass is 16.5. The van der Waals surface area contributed by atoms with Gasteiger partial charge in [-0.2, -0.15) is 0 Å². The monoisotopic (exact) mass is 378 g/mol. The van der Waals surface area contributed by atoms with Gasteiger partial charge in [-0.05, 0) is 25.8 Å². The van der Waals surface area contributed by atoms with E-state index in [1.807, 2.05) is 0 Å². The summed E-state index contributed by atoms with van der Waals surface area (Å²) in [7, 11) is 1.45. The lowest BCUT2D eigenvalue weighted by Crippen LogP contribution is -2.14. The van der Waals surface area contributed by atoms with Gasteiger partial charge >= 0.3 is 17.9 Å². The van der Waals surface area contributed by atoms with E-state index in [-0.39, 0.29) is 37.2 Å². The molecule has 1 aliphatic rings. The molecule has 1 aliphatic heterocycles. The van der Waals surface area contributed by atoms with Gasteiger partial charge in [-0.1, -0.05) is 11.6 Å². The largest absolute Gasteiger partial charge is 0.507 e. The second-order valence-electron chi connectivity index (χ2n) is 6.46. The number of fused-ring (bicyclic) bond motifs is 1. The van der Waals surface area contributed by atoms with Crippen LogP contribution in [0.15, 0.2) is 11.6 Å². The fraction of sp³-hybridized carbons (Fsp3) is 0.421. The molecule has 8 heteroatoms. The second kappa shape index (κ2) is 8.11. The normalized spacial score (nSPS) is 13.5. The molecular weight excluding hydrogens is 356 g/mol. The van der Waals surface area contributed by atoms with Gasteiger partial charge in [0.1, 0.15) is 23.7 Å². The summed E-state index contributed by atoms with van der Waals surface area (Å²) in [6, 6.07) is 0. The number of ether oxygens (including phenoxy) is 2. The lowest BCUT2D eigenvalue weighted by atomic mass is 9.90. The summed E-state index contributed by atoms with van der Waals surface area (Å²) in [5.74, 6) is -3.27. The number of hydrogen-bond donors (Lipinski definition) is 3. The Morgan fingerprint density at radius 1 is 1.26 bits per heavy atom. The summed E-state index contributed by atoms with van der Waals surface area (Å²) >= 11 is 0. The molecule has 0 unspecified atom stereocenters. The highest BCUT2D eigenvalue weighted by Gasteiger charge is 2.32. The second-order valence-corrected chi connectivity index (χ2v) is 6.46. The molecular formula is C19H22O8. The number of benzene rings is 1. The van der Waals surface area contributed by atoms with Crippen LogP contribution in [0.3, 0.4) is 0 Å². The number of phenolic OH excluding ortho intramolecular Hbond substituents is 1. The maximum Gasteiger partial charge on any atom is 0.342 e. The number of aliphatic carboxylic acids is 2. The van der Waals surface area contributed by atoms with Crippen LogP contribution in [0.4, 0.5) is 0 Å². The van der Waals surface area contributed by atoms with Crippen LogP contribution in [0, 0.1) is 12.8 Å². The average molecular weight is 378 g/mol. The molecule has 2 rings (SSSR count). The predicted molar refractivity (Wildman–Crippen MR) is 94.0 cm³/mol. The van der Waals surface area contributed by atoms with Crippen LogP contribution in [0.2, 0.25) is 0 Å². The van der Waals surface area contributed by atoms with E-state index in [1.54, 1.807) is 19.9 Å². The van der Waals surface area contributed by atoms with Crippen molar-refractivity contribution in [3.05, 3.63) is 33.9 Å². The molecule has 0 saturated carbocycles. The third kappa shape index (κ3) is 4.21. The first-order chi connectivity index (χ1) is 12.7. The summed E-state index contributed by atoms with van der Waals surface area (Å²) in [5.41, 5.74) is 2.32. The van der Waals surface area contributed by atoms with Gasteiger partial charge in [0.05, 0.1) is 20.0 Å². The van der Waals surface area contributed by atoms with Crippen molar-refractivity contribution in [3.63, 3.8) is 0 Å². The quantitative estimate of drug-likeness (QED) is 0.464. The zero-order chi connectivity index (χ0) is 20.3. The molecule has 0 fully saturated rings. The Hall–Kier alpha value is -3.03. The van der Waals surface area contributed by atoms with Crippen LogP contribution in [-0.4, -0.2) is 40.3 Å². The molecule has 8 nitrogen and oxygen atoms in total. The van der Waals surface area contributed by atoms with E-state index in [1.165, 1.54) is 7.11 Å². The number of esters is 1. The number of carbonyl (C=O) groups excluding carboxylic acids is 1. The number of rotatable bonds is 8. The Balaban J connectivity index is 2.41. The highest BCUT2D eigenvalue weighted by molar-refractivity contribution is 5.98. The fourth-order valence-electron chi connectivity index (χ4n) is 3.27. The maximum atomic E-state index is 11.9. The first-order valence-corrected chi connectivity index (χ1v) is 8.35. The van der Waals surface area contributed by atoms with Gasteiger partial charge < -0.3 is 24.8 Å². The van der Waals surface area contributed by atoms with Crippen LogP contribution >= 0.6 is 0 Å². The van der Waals surface area contributed by atoms with Crippen LogP contribution in [0.5, 0.6) is 11.5 Å². The Morgan fingerprint density at radius 3 is 2.37 bits per heavy atom. The number of hydrogen-bond acceptors (Lipinski definition) is 6. The van der Waals surface area contributed by atoms with Crippen molar-refractivity contribution in [1.29, 1.82) is 0 Å². The number of aromatic hydroxyl groups is 1. The number of phenols is 1. The lowest BCUT2D eigenvalue weighted by Gasteiger charge is -2.17. The van der Waals surface area contributed by atoms with E-state index in [0.717, 1.165) is 0 Å². The van der Waals surface area contributed by atoms with Gasteiger partial charge in [0.25, 0.3) is 0 Å². The summed E-state index contributed by atoms with van der Waals surface area (Å²) in [6.45, 7) is 3.48. The molecule has 0 amide bonds. The average Bonchev–Trinajstić information content (AvgIpc) is 2.97. The van der Waals surface area contributed by atoms with Crippen molar-refractivity contribution in [2.45, 2.75) is 39.7 Å². The van der Waals surface area contributed by atoms with Crippen LogP contribution < -0.4 is 4.74 Å². The molecule has 1 aromatic rings. The van der Waals surface area contributed by atoms with E-state index in [0.29, 0.717) is 28.0 Å². The Labute approximate surface area is 156 Å². The molecule has 27 heavy (non-hydrogen) atoms. The summed E-state index contributed by atoms with van der Waals surface area (Å²) in [5, 5.41) is 28.6. The first-order valence-electron chi connectivity index (χ1n) is 8.35. The van der Waals surface area contributed by atoms with E-state index in [4.69, 9.17) is 19.7 Å². The van der Waals surface area contributed by atoms with E-state index < -0.39 is 23.8 Å². The van der Waals surface area contributed by atoms with Crippen molar-refractivity contribution < 1.29 is 39.2 Å². The third-order valence-corrected chi connectivity index (χ3v) is 4.76. The minimum Gasteiger partial charge on any atom is -0.507 e. The van der Waals surface area contributed by atoms with Crippen molar-refractivity contribution in [2.24, 2.45) is 5.92 Å². The molecule has 1 aromatic carbocycles. The van der Waals surface area contributed by atoms with E-state index in [9.17, 15) is 19.5 Å². The molecule has 0 aromatic heterocycles. The number of carboxylic acids is 2. The Kier molecular flexibility index (Phi) is 6.09. The number of carbonyl (C=O) groups is 3. The van der Waals surface area contributed by atoms with Crippen LogP contribution in [-0.2, 0) is 27.4 Å². The molecule has 0 bridgehead atoms. The minimum atomic E-state index is -1.09. The molecule has 1 heterocycles. The standard InChI is InChI=1S/C19H22O8/c1-9(11(6-14(20)21)7-15(22)23)4-5-12-17(24)16-13(8-27-19(16)25)10(2)18(12)26-3/h4,11,24H,5-8H2,1-3H3,(H,20,21)(H,22,23)/b9-4-. The zero-order valence-electron chi connectivity index (χ0n) is 15.4. The van der Waals surface area contributed by atoms with E-state index in [2.05, 4.69) is 0 Å². The van der Waals surface area contributed by atoms with Gasteiger partial charge in [0, 0.05) is 17.0 Å². The third-order valence-electron chi connectivity index (χ3n) is 4.76. The van der Waals surface area contributed by atoms with Gasteiger partial charge in [-0.15, -0.1) is 0 Å². The van der Waals surface area contributed by atoms with Gasteiger partial charge in [-0.25, -0.2) is 4.79 Å². The van der Waals surface area contributed by atoms with Crippen LogP contribution in [0.25, 0.3) is 0 Å². The van der Waals surface area contributed by atoms with Crippen molar-refractivity contribution in [2.75, 3.05) is 7.11 Å². The fourth-order valence-corrected chi connectivity index (χ4v) is 3.27. The zero-order valence-corrected chi connectivity index (χ0v) is 15.4. The summed E-state index contributed by atoms with van der Waals surface area (Å²) in [4.78, 5) is 33.9. The summed E-state index contributed by atoms with van der Waals surface area (Å²) < 4.78 is 10.4. The molecule has 3 N–H and O–H groups in total. The van der Waals surface area contributed by atoms with Crippen molar-refractivity contribution in [3.8, 4) is 11.5 Å². The van der Waals surface area contributed by atoms with Gasteiger partial charge in [0.15, 0.2) is 0 Å². The molecule has 0 saturated heterocycles. The lowest BCUT2D eigenvalue weighted by molar-refractivity contribution is -0.140.